The minimum Gasteiger partial charge on any atom is -0.508 e. The van der Waals surface area contributed by atoms with Gasteiger partial charge in [-0.3, -0.25) is 14.6 Å². The summed E-state index contributed by atoms with van der Waals surface area (Å²) in [5.74, 6) is -0.511. The van der Waals surface area contributed by atoms with Gasteiger partial charge in [0.1, 0.15) is 22.8 Å². The molecule has 0 radical (unpaired) electrons. The molecule has 0 bridgehead atoms. The number of hydrogen-bond donors (Lipinski definition) is 3. The molecule has 0 aliphatic carbocycles. The van der Waals surface area contributed by atoms with Crippen molar-refractivity contribution in [3.8, 4) is 5.75 Å². The first-order valence-electron chi connectivity index (χ1n) is 11.0. The van der Waals surface area contributed by atoms with Gasteiger partial charge in [-0.2, -0.15) is 0 Å². The number of nitrogens with one attached hydrogen (secondary N) is 2. The molecule has 1 aromatic heterocycles. The topological polar surface area (TPSA) is 118 Å². The van der Waals surface area contributed by atoms with Gasteiger partial charge in [-0.25, -0.2) is 4.79 Å². The van der Waals surface area contributed by atoms with Gasteiger partial charge in [0.15, 0.2) is 0 Å². The van der Waals surface area contributed by atoms with E-state index in [1.54, 1.807) is 45.0 Å². The minimum absolute atomic E-state index is 0.0101. The lowest BCUT2D eigenvalue weighted by atomic mass is 9.99. The highest BCUT2D eigenvalue weighted by molar-refractivity contribution is 6.30. The Morgan fingerprint density at radius 3 is 2.44 bits per heavy atom. The number of ether oxygens (including phenoxy) is 1. The lowest BCUT2D eigenvalue weighted by molar-refractivity contribution is -0.117. The first kappa shape index (κ1) is 27.1. The Kier molecular flexibility index (Phi) is 9.04. The first-order chi connectivity index (χ1) is 15.7. The van der Waals surface area contributed by atoms with Crippen molar-refractivity contribution in [3.63, 3.8) is 0 Å². The number of hydrogen-bond acceptors (Lipinski definition) is 6. The lowest BCUT2D eigenvalue weighted by Gasteiger charge is -2.27. The molecular weight excluding hydrogens is 458 g/mol. The van der Waals surface area contributed by atoms with Crippen LogP contribution in [0, 0.1) is 0 Å². The molecule has 8 nitrogen and oxygen atoms in total. The third-order valence-electron chi connectivity index (χ3n) is 4.76. The molecule has 2 aromatic rings. The average Bonchev–Trinajstić information content (AvgIpc) is 2.69. The number of ketones is 1. The number of nitrogens with zero attached hydrogens (tertiary/aromatic N) is 1. The van der Waals surface area contributed by atoms with Crippen LogP contribution in [0.4, 0.5) is 4.79 Å². The zero-order chi connectivity index (χ0) is 25.5. The lowest BCUT2D eigenvalue weighted by Crippen LogP contribution is -2.46. The quantitative estimate of drug-likeness (QED) is 0.485. The van der Waals surface area contributed by atoms with Gasteiger partial charge in [0.05, 0.1) is 0 Å². The molecule has 2 rings (SSSR count). The number of carbonyl (C=O) groups is 3. The fourth-order valence-corrected chi connectivity index (χ4v) is 3.33. The summed E-state index contributed by atoms with van der Waals surface area (Å²) in [6.45, 7) is 9.35. The number of amides is 2. The van der Waals surface area contributed by atoms with Crippen LogP contribution in [0.25, 0.3) is 0 Å². The number of rotatable bonds is 9. The predicted octanol–water partition coefficient (Wildman–Crippen LogP) is 4.22. The molecule has 0 fully saturated rings. The van der Waals surface area contributed by atoms with Crippen LogP contribution < -0.4 is 10.6 Å². The van der Waals surface area contributed by atoms with E-state index in [0.29, 0.717) is 29.1 Å². The van der Waals surface area contributed by atoms with Gasteiger partial charge >= 0.3 is 6.09 Å². The molecule has 0 spiro atoms. The van der Waals surface area contributed by atoms with Crippen LogP contribution in [0.15, 0.2) is 36.5 Å². The summed E-state index contributed by atoms with van der Waals surface area (Å²) in [4.78, 5) is 41.1. The molecule has 0 aliphatic heterocycles. The predicted molar refractivity (Wildman–Crippen MR) is 130 cm³/mol. The van der Waals surface area contributed by atoms with Gasteiger partial charge in [-0.15, -0.1) is 0 Å². The molecule has 1 aromatic carbocycles. The first-order valence-corrected chi connectivity index (χ1v) is 11.4. The van der Waals surface area contributed by atoms with Crippen molar-refractivity contribution in [2.45, 2.75) is 65.0 Å². The van der Waals surface area contributed by atoms with Crippen LogP contribution in [0.3, 0.4) is 0 Å². The van der Waals surface area contributed by atoms with E-state index in [4.69, 9.17) is 16.3 Å². The molecule has 0 atom stereocenters. The van der Waals surface area contributed by atoms with E-state index < -0.39 is 17.2 Å². The summed E-state index contributed by atoms with van der Waals surface area (Å²) >= 11 is 5.94. The molecular formula is C25H32ClN3O5. The van der Waals surface area contributed by atoms with Gasteiger partial charge in [0.25, 0.3) is 5.91 Å². The average molecular weight is 490 g/mol. The molecule has 0 saturated heterocycles. The van der Waals surface area contributed by atoms with Crippen LogP contribution in [-0.4, -0.2) is 45.6 Å². The third-order valence-corrected chi connectivity index (χ3v) is 4.99. The standard InChI is InChI=1S/C25H32ClN3O5/c1-24(2,3)34-23(33)28-11-9-25(4,5)29-22(32)20-13-16(8-10-27-20)12-19(30)15-17-14-18(26)6-7-21(17)31/h6-8,10,13-14,31H,9,11-12,15H2,1-5H3,(H,28,33)(H,29,32). The number of benzene rings is 1. The second-order valence-corrected chi connectivity index (χ2v) is 10.2. The highest BCUT2D eigenvalue weighted by Crippen LogP contribution is 2.22. The number of alkyl carbamates (subject to hydrolysis) is 1. The molecule has 0 saturated carbocycles. The number of halogens is 1. The number of carbonyl (C=O) groups excluding carboxylic acids is 3. The van der Waals surface area contributed by atoms with Crippen molar-refractivity contribution >= 4 is 29.4 Å². The maximum atomic E-state index is 12.7. The van der Waals surface area contributed by atoms with E-state index in [-0.39, 0.29) is 36.0 Å². The van der Waals surface area contributed by atoms with Crippen LogP contribution in [0.2, 0.25) is 5.02 Å². The molecule has 3 N–H and O–H groups in total. The summed E-state index contributed by atoms with van der Waals surface area (Å²) < 4.78 is 5.20. The summed E-state index contributed by atoms with van der Waals surface area (Å²) in [6.07, 6.45) is 1.54. The minimum atomic E-state index is -0.621. The van der Waals surface area contributed by atoms with E-state index >= 15 is 0 Å². The van der Waals surface area contributed by atoms with Crippen molar-refractivity contribution in [3.05, 3.63) is 58.4 Å². The van der Waals surface area contributed by atoms with Crippen LogP contribution >= 0.6 is 11.6 Å². The van der Waals surface area contributed by atoms with E-state index in [0.717, 1.165) is 0 Å². The van der Waals surface area contributed by atoms with Gasteiger partial charge in [0.2, 0.25) is 0 Å². The summed E-state index contributed by atoms with van der Waals surface area (Å²) in [5.41, 5.74) is 0.0656. The highest BCUT2D eigenvalue weighted by Gasteiger charge is 2.23. The molecule has 1 heterocycles. The fraction of sp³-hybridized carbons (Fsp3) is 0.440. The van der Waals surface area contributed by atoms with E-state index in [9.17, 15) is 19.5 Å². The van der Waals surface area contributed by atoms with E-state index in [1.165, 1.54) is 12.3 Å². The zero-order valence-corrected chi connectivity index (χ0v) is 21.0. The van der Waals surface area contributed by atoms with Crippen molar-refractivity contribution in [1.82, 2.24) is 15.6 Å². The van der Waals surface area contributed by atoms with Gasteiger partial charge in [-0.05, 0) is 76.9 Å². The van der Waals surface area contributed by atoms with Crippen molar-refractivity contribution < 1.29 is 24.2 Å². The molecule has 34 heavy (non-hydrogen) atoms. The number of aromatic hydroxyl groups is 1. The largest absolute Gasteiger partial charge is 0.508 e. The van der Waals surface area contributed by atoms with Gasteiger partial charge in [-0.1, -0.05) is 11.6 Å². The number of Topliss-reactive ketones (excluding diaryl/α,β-unsaturated/α-hetero) is 1. The van der Waals surface area contributed by atoms with Crippen molar-refractivity contribution in [2.75, 3.05) is 6.54 Å². The fourth-order valence-electron chi connectivity index (χ4n) is 3.13. The molecule has 184 valence electrons. The smallest absolute Gasteiger partial charge is 0.407 e. The number of phenols is 1. The normalized spacial score (nSPS) is 11.6. The Bertz CT molecular complexity index is 1050. The third kappa shape index (κ3) is 9.39. The Balaban J connectivity index is 1.92. The number of phenolic OH excluding ortho intramolecular Hbond substituents is 1. The Morgan fingerprint density at radius 1 is 1.06 bits per heavy atom. The van der Waals surface area contributed by atoms with Crippen LogP contribution in [0.1, 0.15) is 62.7 Å². The monoisotopic (exact) mass is 489 g/mol. The molecule has 0 unspecified atom stereocenters. The molecule has 9 heteroatoms. The number of pyridine rings is 1. The second-order valence-electron chi connectivity index (χ2n) is 9.73. The van der Waals surface area contributed by atoms with E-state index in [2.05, 4.69) is 15.6 Å². The Labute approximate surface area is 205 Å². The van der Waals surface area contributed by atoms with Crippen LogP contribution in [0.5, 0.6) is 5.75 Å². The Morgan fingerprint density at radius 2 is 1.76 bits per heavy atom. The highest BCUT2D eigenvalue weighted by atomic mass is 35.5. The molecule has 0 aliphatic rings. The zero-order valence-electron chi connectivity index (χ0n) is 20.2. The molecule has 2 amide bonds. The summed E-state index contributed by atoms with van der Waals surface area (Å²) in [7, 11) is 0. The number of aromatic nitrogens is 1. The second kappa shape index (κ2) is 11.3. The van der Waals surface area contributed by atoms with Crippen LogP contribution in [-0.2, 0) is 22.4 Å². The summed E-state index contributed by atoms with van der Waals surface area (Å²) in [5, 5.41) is 15.9. The van der Waals surface area contributed by atoms with Crippen molar-refractivity contribution in [1.29, 1.82) is 0 Å². The van der Waals surface area contributed by atoms with E-state index in [1.807, 2.05) is 13.8 Å². The SMILES string of the molecule is CC(C)(CCNC(=O)OC(C)(C)C)NC(=O)c1cc(CC(=O)Cc2cc(Cl)ccc2O)ccn1. The van der Waals surface area contributed by atoms with Gasteiger partial charge in [0, 0.05) is 41.7 Å². The maximum Gasteiger partial charge on any atom is 0.407 e. The summed E-state index contributed by atoms with van der Waals surface area (Å²) in [6, 6.07) is 7.79. The van der Waals surface area contributed by atoms with Crippen molar-refractivity contribution in [2.24, 2.45) is 0 Å². The van der Waals surface area contributed by atoms with Gasteiger partial charge < -0.3 is 20.5 Å². The maximum absolute atomic E-state index is 12.7. The Hall–Kier alpha value is -3.13.